The van der Waals surface area contributed by atoms with Crippen molar-refractivity contribution in [1.82, 2.24) is 9.97 Å². The molecule has 0 amide bonds. The molecule has 3 N–H and O–H groups in total. The van der Waals surface area contributed by atoms with Crippen molar-refractivity contribution in [3.05, 3.63) is 54.5 Å². The van der Waals surface area contributed by atoms with E-state index >= 15 is 0 Å². The first-order valence-electron chi connectivity index (χ1n) is 9.81. The van der Waals surface area contributed by atoms with Crippen molar-refractivity contribution in [3.63, 3.8) is 0 Å². The SMILES string of the molecule is C=C[C@@H](COC)Oc1ccc(N)c(C(=N)c2cc(N3CCOC(C)(C)C3)ncn2)c1. The van der Waals surface area contributed by atoms with E-state index in [0.29, 0.717) is 42.5 Å². The van der Waals surface area contributed by atoms with Gasteiger partial charge in [-0.3, -0.25) is 5.41 Å². The Bertz CT molecular complexity index is 915. The molecule has 0 unspecified atom stereocenters. The highest BCUT2D eigenvalue weighted by molar-refractivity contribution is 6.13. The molecular formula is C22H29N5O3. The van der Waals surface area contributed by atoms with E-state index in [9.17, 15) is 0 Å². The molecule has 8 nitrogen and oxygen atoms in total. The fraction of sp³-hybridized carbons (Fsp3) is 0.409. The standard InChI is InChI=1S/C22H29N5O3/c1-5-15(12-28-4)30-16-6-7-18(23)17(10-16)21(24)19-11-20(26-14-25-19)27-8-9-29-22(2,3)13-27/h5-7,10-11,14-15,24H,1,8-9,12-13,23H2,2-4H3/t15-/m0/s1. The van der Waals surface area contributed by atoms with Crippen molar-refractivity contribution in [3.8, 4) is 5.75 Å². The normalized spacial score (nSPS) is 16.7. The third-order valence-electron chi connectivity index (χ3n) is 4.83. The first kappa shape index (κ1) is 21.7. The maximum absolute atomic E-state index is 8.69. The van der Waals surface area contributed by atoms with Crippen molar-refractivity contribution in [2.45, 2.75) is 25.6 Å². The van der Waals surface area contributed by atoms with Crippen LogP contribution in [0.2, 0.25) is 0 Å². The number of aromatic nitrogens is 2. The number of nitrogens with one attached hydrogen (secondary N) is 1. The van der Waals surface area contributed by atoms with E-state index in [1.165, 1.54) is 6.33 Å². The fourth-order valence-electron chi connectivity index (χ4n) is 3.32. The molecule has 8 heteroatoms. The number of nitrogens with two attached hydrogens (primary N) is 1. The summed E-state index contributed by atoms with van der Waals surface area (Å²) < 4.78 is 16.8. The van der Waals surface area contributed by atoms with Crippen LogP contribution in [-0.4, -0.2) is 60.8 Å². The molecule has 1 aliphatic rings. The van der Waals surface area contributed by atoms with Crippen molar-refractivity contribution in [2.75, 3.05) is 44.0 Å². The molecule has 1 atom stereocenters. The van der Waals surface area contributed by atoms with Crippen LogP contribution in [0.25, 0.3) is 0 Å². The molecule has 0 aliphatic carbocycles. The van der Waals surface area contributed by atoms with Crippen LogP contribution in [0.4, 0.5) is 11.5 Å². The van der Waals surface area contributed by atoms with Crippen LogP contribution in [-0.2, 0) is 9.47 Å². The highest BCUT2D eigenvalue weighted by Gasteiger charge is 2.28. The zero-order chi connectivity index (χ0) is 21.7. The summed E-state index contributed by atoms with van der Waals surface area (Å²) in [6.07, 6.45) is 2.85. The minimum Gasteiger partial charge on any atom is -0.484 e. The predicted molar refractivity (Wildman–Crippen MR) is 118 cm³/mol. The van der Waals surface area contributed by atoms with Gasteiger partial charge in [0, 0.05) is 37.5 Å². The summed E-state index contributed by atoms with van der Waals surface area (Å²) in [4.78, 5) is 10.8. The minimum atomic E-state index is -0.295. The molecule has 2 aromatic rings. The second-order valence-electron chi connectivity index (χ2n) is 7.76. The molecule has 1 aromatic carbocycles. The molecule has 3 rings (SSSR count). The number of methoxy groups -OCH3 is 1. The van der Waals surface area contributed by atoms with Gasteiger partial charge in [-0.1, -0.05) is 6.58 Å². The van der Waals surface area contributed by atoms with E-state index in [1.54, 1.807) is 31.4 Å². The average molecular weight is 412 g/mol. The summed E-state index contributed by atoms with van der Waals surface area (Å²) in [7, 11) is 1.60. The number of benzene rings is 1. The van der Waals surface area contributed by atoms with Crippen LogP contribution >= 0.6 is 0 Å². The van der Waals surface area contributed by atoms with Gasteiger partial charge in [0.25, 0.3) is 0 Å². The largest absolute Gasteiger partial charge is 0.484 e. The first-order chi connectivity index (χ1) is 14.3. The van der Waals surface area contributed by atoms with Crippen molar-refractivity contribution < 1.29 is 14.2 Å². The van der Waals surface area contributed by atoms with Crippen LogP contribution in [0.5, 0.6) is 5.75 Å². The number of nitrogens with zero attached hydrogens (tertiary/aromatic N) is 3. The molecule has 30 heavy (non-hydrogen) atoms. The Morgan fingerprint density at radius 1 is 1.40 bits per heavy atom. The van der Waals surface area contributed by atoms with E-state index in [2.05, 4.69) is 35.3 Å². The number of nitrogen functional groups attached to an aromatic ring is 1. The second-order valence-corrected chi connectivity index (χ2v) is 7.76. The van der Waals surface area contributed by atoms with Crippen LogP contribution in [0.1, 0.15) is 25.1 Å². The van der Waals surface area contributed by atoms with E-state index in [4.69, 9.17) is 25.4 Å². The second kappa shape index (κ2) is 9.23. The van der Waals surface area contributed by atoms with Crippen molar-refractivity contribution in [1.29, 1.82) is 5.41 Å². The van der Waals surface area contributed by atoms with E-state index < -0.39 is 0 Å². The van der Waals surface area contributed by atoms with E-state index in [-0.39, 0.29) is 17.4 Å². The number of morpholine rings is 1. The molecule has 0 radical (unpaired) electrons. The zero-order valence-corrected chi connectivity index (χ0v) is 17.7. The topological polar surface area (TPSA) is 107 Å². The lowest BCUT2D eigenvalue weighted by Crippen LogP contribution is -2.48. The number of ether oxygens (including phenoxy) is 3. The fourth-order valence-corrected chi connectivity index (χ4v) is 3.32. The summed E-state index contributed by atoms with van der Waals surface area (Å²) in [6.45, 7) is 10.3. The lowest BCUT2D eigenvalue weighted by Gasteiger charge is -2.38. The smallest absolute Gasteiger partial charge is 0.140 e. The Hall–Kier alpha value is -2.97. The maximum Gasteiger partial charge on any atom is 0.140 e. The minimum absolute atomic E-state index is 0.205. The summed E-state index contributed by atoms with van der Waals surface area (Å²) in [6, 6.07) is 7.04. The Balaban J connectivity index is 1.84. The Morgan fingerprint density at radius 2 is 2.20 bits per heavy atom. The number of rotatable bonds is 8. The lowest BCUT2D eigenvalue weighted by molar-refractivity contribution is -0.0279. The molecule has 1 saturated heterocycles. The van der Waals surface area contributed by atoms with Gasteiger partial charge in [-0.25, -0.2) is 9.97 Å². The summed E-state index contributed by atoms with van der Waals surface area (Å²) in [5, 5.41) is 8.69. The molecule has 0 bridgehead atoms. The van der Waals surface area contributed by atoms with Gasteiger partial charge in [-0.15, -0.1) is 0 Å². The van der Waals surface area contributed by atoms with Gasteiger partial charge < -0.3 is 24.8 Å². The molecule has 1 fully saturated rings. The van der Waals surface area contributed by atoms with Crippen LogP contribution in [0, 0.1) is 5.41 Å². The molecular weight excluding hydrogens is 382 g/mol. The van der Waals surface area contributed by atoms with Crippen LogP contribution < -0.4 is 15.4 Å². The molecule has 1 aromatic heterocycles. The van der Waals surface area contributed by atoms with E-state index in [0.717, 1.165) is 12.4 Å². The Morgan fingerprint density at radius 3 is 2.90 bits per heavy atom. The molecule has 1 aliphatic heterocycles. The Kier molecular flexibility index (Phi) is 6.69. The predicted octanol–water partition coefficient (Wildman–Crippen LogP) is 2.67. The highest BCUT2D eigenvalue weighted by atomic mass is 16.5. The molecule has 2 heterocycles. The lowest BCUT2D eigenvalue weighted by atomic mass is 10.0. The summed E-state index contributed by atoms with van der Waals surface area (Å²) >= 11 is 0. The Labute approximate surface area is 177 Å². The third kappa shape index (κ3) is 5.14. The maximum atomic E-state index is 8.69. The van der Waals surface area contributed by atoms with Crippen LogP contribution in [0.15, 0.2) is 43.2 Å². The van der Waals surface area contributed by atoms with E-state index in [1.807, 2.05) is 6.07 Å². The molecule has 160 valence electrons. The van der Waals surface area contributed by atoms with Gasteiger partial charge in [0.1, 0.15) is 24.0 Å². The zero-order valence-electron chi connectivity index (χ0n) is 17.7. The van der Waals surface area contributed by atoms with Gasteiger partial charge in [0.15, 0.2) is 0 Å². The van der Waals surface area contributed by atoms with Gasteiger partial charge in [0.2, 0.25) is 0 Å². The van der Waals surface area contributed by atoms with Crippen LogP contribution in [0.3, 0.4) is 0 Å². The average Bonchev–Trinajstić information content (AvgIpc) is 2.73. The quantitative estimate of drug-likeness (QED) is 0.391. The first-order valence-corrected chi connectivity index (χ1v) is 9.81. The third-order valence-corrected chi connectivity index (χ3v) is 4.83. The number of hydrogen-bond donors (Lipinski definition) is 2. The monoisotopic (exact) mass is 411 g/mol. The highest BCUT2D eigenvalue weighted by Crippen LogP contribution is 2.25. The molecule has 0 saturated carbocycles. The van der Waals surface area contributed by atoms with Crippen molar-refractivity contribution >= 4 is 17.2 Å². The van der Waals surface area contributed by atoms with Gasteiger partial charge >= 0.3 is 0 Å². The number of anilines is 2. The van der Waals surface area contributed by atoms with Crippen molar-refractivity contribution in [2.24, 2.45) is 0 Å². The summed E-state index contributed by atoms with van der Waals surface area (Å²) in [5.41, 5.74) is 7.61. The van der Waals surface area contributed by atoms with Gasteiger partial charge in [-0.2, -0.15) is 0 Å². The molecule has 0 spiro atoms. The summed E-state index contributed by atoms with van der Waals surface area (Å²) in [5.74, 6) is 1.34. The van der Waals surface area contributed by atoms with Gasteiger partial charge in [0.05, 0.1) is 30.2 Å². The number of hydrogen-bond acceptors (Lipinski definition) is 8. The van der Waals surface area contributed by atoms with Gasteiger partial charge in [-0.05, 0) is 38.1 Å².